The third-order valence-corrected chi connectivity index (χ3v) is 3.47. The van der Waals surface area contributed by atoms with Crippen molar-refractivity contribution < 1.29 is 19.3 Å². The molecule has 5 N–H and O–H groups in total. The van der Waals surface area contributed by atoms with E-state index in [0.717, 1.165) is 12.1 Å². The highest BCUT2D eigenvalue weighted by Crippen LogP contribution is 2.12. The van der Waals surface area contributed by atoms with Crippen molar-refractivity contribution in [1.82, 2.24) is 10.7 Å². The van der Waals surface area contributed by atoms with Crippen LogP contribution in [0.5, 0.6) is 0 Å². The van der Waals surface area contributed by atoms with E-state index in [4.69, 9.17) is 5.73 Å². The Hall–Kier alpha value is -3.95. The summed E-state index contributed by atoms with van der Waals surface area (Å²) in [5.74, 6) is -2.13. The number of hydrazine groups is 1. The fraction of sp³-hybridized carbons (Fsp3) is 0.118. The molecule has 2 aromatic rings. The number of carbonyl (C=O) groups excluding carboxylic acids is 3. The maximum atomic E-state index is 12.3. The molecule has 0 aliphatic carbocycles. The molecule has 10 heteroatoms. The lowest BCUT2D eigenvalue weighted by atomic mass is 10.1. The molecule has 0 bridgehead atoms. The van der Waals surface area contributed by atoms with Gasteiger partial charge in [-0.3, -0.25) is 35.3 Å². The fourth-order valence-electron chi connectivity index (χ4n) is 2.13. The van der Waals surface area contributed by atoms with Crippen molar-refractivity contribution in [2.45, 2.75) is 12.5 Å². The first-order valence-electron chi connectivity index (χ1n) is 7.81. The molecular weight excluding hydrogens is 354 g/mol. The number of nitrogens with zero attached hydrogens (tertiary/aromatic N) is 1. The van der Waals surface area contributed by atoms with E-state index in [1.165, 1.54) is 12.1 Å². The number of non-ortho nitro benzene ring substituents is 1. The lowest BCUT2D eigenvalue weighted by molar-refractivity contribution is -0.384. The number of hydrogen-bond acceptors (Lipinski definition) is 6. The van der Waals surface area contributed by atoms with Crippen molar-refractivity contribution in [2.75, 3.05) is 5.43 Å². The largest absolute Gasteiger partial charge is 0.370 e. The number of nitrogens with two attached hydrogens (primary N) is 1. The van der Waals surface area contributed by atoms with Crippen molar-refractivity contribution in [3.05, 3.63) is 70.3 Å². The van der Waals surface area contributed by atoms with Gasteiger partial charge in [0.05, 0.1) is 17.0 Å². The summed E-state index contributed by atoms with van der Waals surface area (Å²) in [6.07, 6.45) is -0.416. The van der Waals surface area contributed by atoms with Gasteiger partial charge in [0.25, 0.3) is 17.5 Å². The minimum atomic E-state index is -1.22. The van der Waals surface area contributed by atoms with E-state index in [-0.39, 0.29) is 11.3 Å². The van der Waals surface area contributed by atoms with Crippen LogP contribution < -0.4 is 21.9 Å². The summed E-state index contributed by atoms with van der Waals surface area (Å²) in [5, 5.41) is 13.0. The van der Waals surface area contributed by atoms with Crippen molar-refractivity contribution in [3.63, 3.8) is 0 Å². The van der Waals surface area contributed by atoms with Crippen molar-refractivity contribution in [1.29, 1.82) is 0 Å². The Balaban J connectivity index is 2.03. The van der Waals surface area contributed by atoms with Gasteiger partial charge >= 0.3 is 0 Å². The molecule has 1 atom stereocenters. The average Bonchev–Trinajstić information content (AvgIpc) is 2.66. The molecule has 0 aliphatic rings. The predicted molar refractivity (Wildman–Crippen MR) is 96.4 cm³/mol. The first kappa shape index (κ1) is 19.4. The maximum Gasteiger partial charge on any atom is 0.269 e. The van der Waals surface area contributed by atoms with Gasteiger partial charge in [-0.05, 0) is 24.3 Å². The normalized spacial score (nSPS) is 11.1. The van der Waals surface area contributed by atoms with Crippen LogP contribution in [0.2, 0.25) is 0 Å². The number of amides is 3. The number of carbonyl (C=O) groups is 3. The highest BCUT2D eigenvalue weighted by molar-refractivity contribution is 5.99. The van der Waals surface area contributed by atoms with Crippen LogP contribution in [0.4, 0.5) is 11.4 Å². The summed E-state index contributed by atoms with van der Waals surface area (Å²) in [7, 11) is 0. The number of primary amides is 1. The number of hydrogen-bond donors (Lipinski definition) is 4. The number of nitro groups is 1. The maximum absolute atomic E-state index is 12.3. The van der Waals surface area contributed by atoms with E-state index < -0.39 is 35.1 Å². The first-order chi connectivity index (χ1) is 12.9. The smallest absolute Gasteiger partial charge is 0.269 e. The molecule has 2 rings (SSSR count). The number of para-hydroxylation sites is 1. The van der Waals surface area contributed by atoms with E-state index in [2.05, 4.69) is 16.2 Å². The molecule has 0 fully saturated rings. The van der Waals surface area contributed by atoms with Crippen LogP contribution in [0.15, 0.2) is 54.6 Å². The highest BCUT2D eigenvalue weighted by atomic mass is 16.6. The second-order valence-corrected chi connectivity index (χ2v) is 5.48. The zero-order chi connectivity index (χ0) is 19.8. The molecule has 3 amide bonds. The molecular formula is C17H17N5O5. The van der Waals surface area contributed by atoms with Crippen LogP contribution in [-0.4, -0.2) is 28.7 Å². The summed E-state index contributed by atoms with van der Waals surface area (Å²) < 4.78 is 0. The Kier molecular flexibility index (Phi) is 6.42. The second-order valence-electron chi connectivity index (χ2n) is 5.48. The zero-order valence-electron chi connectivity index (χ0n) is 14.0. The Morgan fingerprint density at radius 2 is 1.67 bits per heavy atom. The van der Waals surface area contributed by atoms with E-state index in [1.807, 2.05) is 0 Å². The van der Waals surface area contributed by atoms with Crippen molar-refractivity contribution in [2.24, 2.45) is 5.73 Å². The highest BCUT2D eigenvalue weighted by Gasteiger charge is 2.23. The molecule has 10 nitrogen and oxygen atoms in total. The molecule has 0 heterocycles. The molecule has 140 valence electrons. The molecule has 0 saturated heterocycles. The van der Waals surface area contributed by atoms with E-state index in [1.54, 1.807) is 30.3 Å². The van der Waals surface area contributed by atoms with Gasteiger partial charge in [-0.25, -0.2) is 0 Å². The second kappa shape index (κ2) is 8.94. The third kappa shape index (κ3) is 5.81. The Labute approximate surface area is 153 Å². The number of nitro benzene ring substituents is 1. The monoisotopic (exact) mass is 371 g/mol. The van der Waals surface area contributed by atoms with Gasteiger partial charge in [-0.1, -0.05) is 18.2 Å². The van der Waals surface area contributed by atoms with Crippen LogP contribution in [0.25, 0.3) is 0 Å². The summed E-state index contributed by atoms with van der Waals surface area (Å²) in [6, 6.07) is 12.3. The Bertz CT molecular complexity index is 839. The minimum absolute atomic E-state index is 0.0962. The molecule has 0 aromatic heterocycles. The minimum Gasteiger partial charge on any atom is -0.370 e. The van der Waals surface area contributed by atoms with Crippen LogP contribution >= 0.6 is 0 Å². The van der Waals surface area contributed by atoms with Gasteiger partial charge in [0.15, 0.2) is 0 Å². The SMILES string of the molecule is NC(=O)CC(NC(=O)c1ccc([N+](=O)[O-])cc1)C(=O)NNc1ccccc1. The number of benzene rings is 2. The third-order valence-electron chi connectivity index (χ3n) is 3.47. The van der Waals surface area contributed by atoms with Crippen molar-refractivity contribution >= 4 is 29.1 Å². The van der Waals surface area contributed by atoms with Gasteiger partial charge in [0.1, 0.15) is 6.04 Å². The van der Waals surface area contributed by atoms with Crippen molar-refractivity contribution in [3.8, 4) is 0 Å². The van der Waals surface area contributed by atoms with Gasteiger partial charge in [0.2, 0.25) is 5.91 Å². The Morgan fingerprint density at radius 3 is 2.22 bits per heavy atom. The van der Waals surface area contributed by atoms with Crippen LogP contribution in [-0.2, 0) is 9.59 Å². The first-order valence-corrected chi connectivity index (χ1v) is 7.81. The molecule has 0 aliphatic heterocycles. The molecule has 2 aromatic carbocycles. The molecule has 27 heavy (non-hydrogen) atoms. The van der Waals surface area contributed by atoms with E-state index in [9.17, 15) is 24.5 Å². The topological polar surface area (TPSA) is 156 Å². The van der Waals surface area contributed by atoms with E-state index in [0.29, 0.717) is 5.69 Å². The summed E-state index contributed by atoms with van der Waals surface area (Å²) in [5.41, 5.74) is 10.7. The van der Waals surface area contributed by atoms with Crippen LogP contribution in [0.3, 0.4) is 0 Å². The number of rotatable bonds is 8. The van der Waals surface area contributed by atoms with Gasteiger partial charge in [-0.2, -0.15) is 0 Å². The molecule has 0 spiro atoms. The van der Waals surface area contributed by atoms with Gasteiger partial charge < -0.3 is 11.1 Å². The van der Waals surface area contributed by atoms with Gasteiger partial charge in [-0.15, -0.1) is 0 Å². The zero-order valence-corrected chi connectivity index (χ0v) is 14.0. The van der Waals surface area contributed by atoms with E-state index >= 15 is 0 Å². The van der Waals surface area contributed by atoms with Crippen LogP contribution in [0, 0.1) is 10.1 Å². The summed E-state index contributed by atoms with van der Waals surface area (Å²) in [6.45, 7) is 0. The molecule has 1 unspecified atom stereocenters. The molecule has 0 radical (unpaired) electrons. The quantitative estimate of drug-likeness (QED) is 0.395. The predicted octanol–water partition coefficient (Wildman–Crippen LogP) is 0.712. The summed E-state index contributed by atoms with van der Waals surface area (Å²) in [4.78, 5) is 45.8. The fourth-order valence-corrected chi connectivity index (χ4v) is 2.13. The molecule has 0 saturated carbocycles. The van der Waals surface area contributed by atoms with Gasteiger partial charge in [0, 0.05) is 17.7 Å². The Morgan fingerprint density at radius 1 is 1.04 bits per heavy atom. The lowest BCUT2D eigenvalue weighted by Gasteiger charge is -2.18. The number of nitrogens with one attached hydrogen (secondary N) is 3. The summed E-state index contributed by atoms with van der Waals surface area (Å²) >= 11 is 0. The average molecular weight is 371 g/mol. The lowest BCUT2D eigenvalue weighted by Crippen LogP contribution is -2.50. The standard InChI is InChI=1S/C17H17N5O5/c18-15(23)10-14(17(25)21-20-12-4-2-1-3-5-12)19-16(24)11-6-8-13(9-7-11)22(26)27/h1-9,14,20H,10H2,(H2,18,23)(H,19,24)(H,21,25). The van der Waals surface area contributed by atoms with Crippen LogP contribution in [0.1, 0.15) is 16.8 Å². The number of anilines is 1.